The first kappa shape index (κ1) is 13.3. The molecule has 2 rings (SSSR count). The molecular weight excluding hydrogens is 229 g/mol. The highest BCUT2D eigenvalue weighted by Gasteiger charge is 2.26. The van der Waals surface area contributed by atoms with E-state index in [9.17, 15) is 4.39 Å². The Kier molecular flexibility index (Phi) is 4.23. The first-order chi connectivity index (χ1) is 8.61. The first-order valence-corrected chi connectivity index (χ1v) is 6.76. The summed E-state index contributed by atoms with van der Waals surface area (Å²) in [4.78, 5) is 0. The van der Waals surface area contributed by atoms with Crippen LogP contribution in [-0.4, -0.2) is 6.10 Å². The smallest absolute Gasteiger partial charge is 0.165 e. The number of hydrogen-bond donors (Lipinski definition) is 1. The summed E-state index contributed by atoms with van der Waals surface area (Å²) in [7, 11) is 0. The Bertz CT molecular complexity index is 407. The zero-order valence-electron chi connectivity index (χ0n) is 11.2. The van der Waals surface area contributed by atoms with Crippen molar-refractivity contribution in [1.29, 1.82) is 0 Å². The molecule has 18 heavy (non-hydrogen) atoms. The van der Waals surface area contributed by atoms with Gasteiger partial charge in [-0.1, -0.05) is 26.0 Å². The average molecular weight is 251 g/mol. The van der Waals surface area contributed by atoms with E-state index in [1.54, 1.807) is 6.07 Å². The summed E-state index contributed by atoms with van der Waals surface area (Å²) in [5.41, 5.74) is 6.38. The van der Waals surface area contributed by atoms with Gasteiger partial charge in [-0.2, -0.15) is 0 Å². The molecule has 1 saturated carbocycles. The fourth-order valence-corrected chi connectivity index (χ4v) is 2.62. The van der Waals surface area contributed by atoms with E-state index in [2.05, 4.69) is 13.8 Å². The lowest BCUT2D eigenvalue weighted by Crippen LogP contribution is -2.29. The summed E-state index contributed by atoms with van der Waals surface area (Å²) in [5.74, 6) is 1.42. The molecule has 100 valence electrons. The van der Waals surface area contributed by atoms with Crippen LogP contribution >= 0.6 is 0 Å². The fraction of sp³-hybridized carbons (Fsp3) is 0.600. The normalized spacial score (nSPS) is 28.1. The Labute approximate surface area is 108 Å². The predicted molar refractivity (Wildman–Crippen MR) is 70.9 cm³/mol. The van der Waals surface area contributed by atoms with Gasteiger partial charge in [0, 0.05) is 12.1 Å². The maximum Gasteiger partial charge on any atom is 0.165 e. The maximum atomic E-state index is 13.8. The van der Waals surface area contributed by atoms with E-state index in [4.69, 9.17) is 10.5 Å². The molecule has 0 heterocycles. The summed E-state index contributed by atoms with van der Waals surface area (Å²) in [5, 5.41) is 0. The van der Waals surface area contributed by atoms with E-state index in [1.807, 2.05) is 6.07 Å². The van der Waals surface area contributed by atoms with Gasteiger partial charge in [0.15, 0.2) is 11.6 Å². The quantitative estimate of drug-likeness (QED) is 0.892. The van der Waals surface area contributed by atoms with Crippen molar-refractivity contribution in [1.82, 2.24) is 0 Å². The van der Waals surface area contributed by atoms with E-state index < -0.39 is 0 Å². The second-order valence-electron chi connectivity index (χ2n) is 5.44. The van der Waals surface area contributed by atoms with Gasteiger partial charge in [-0.05, 0) is 37.2 Å². The standard InChI is InChI=1S/C15H22FNO/c1-10-6-7-13(8-11(10)2)18-15-12(9-17)4-3-5-14(15)16/h3-5,10-11,13H,6-9,17H2,1-2H3. The number of para-hydroxylation sites is 1. The largest absolute Gasteiger partial charge is 0.487 e. The molecule has 0 radical (unpaired) electrons. The zero-order chi connectivity index (χ0) is 13.1. The third-order valence-corrected chi connectivity index (χ3v) is 4.10. The van der Waals surface area contributed by atoms with E-state index in [-0.39, 0.29) is 11.9 Å². The molecular formula is C15H22FNO. The predicted octanol–water partition coefficient (Wildman–Crippen LogP) is 3.49. The molecule has 0 bridgehead atoms. The molecule has 1 aliphatic rings. The SMILES string of the molecule is CC1CCC(Oc2c(F)cccc2CN)CC1C. The molecule has 3 unspecified atom stereocenters. The van der Waals surface area contributed by atoms with Crippen molar-refractivity contribution in [3.8, 4) is 5.75 Å². The third-order valence-electron chi connectivity index (χ3n) is 4.10. The van der Waals surface area contributed by atoms with E-state index in [0.29, 0.717) is 18.2 Å². The Hall–Kier alpha value is -1.09. The molecule has 0 aromatic heterocycles. The molecule has 0 amide bonds. The molecule has 2 nitrogen and oxygen atoms in total. The van der Waals surface area contributed by atoms with Crippen molar-refractivity contribution in [2.45, 2.75) is 45.8 Å². The van der Waals surface area contributed by atoms with Crippen LogP contribution in [0.3, 0.4) is 0 Å². The van der Waals surface area contributed by atoms with Gasteiger partial charge < -0.3 is 10.5 Å². The summed E-state index contributed by atoms with van der Waals surface area (Å²) >= 11 is 0. The summed E-state index contributed by atoms with van der Waals surface area (Å²) < 4.78 is 19.7. The lowest BCUT2D eigenvalue weighted by Gasteiger charge is -2.32. The number of benzene rings is 1. The number of halogens is 1. The minimum absolute atomic E-state index is 0.124. The number of ether oxygens (including phenoxy) is 1. The molecule has 0 saturated heterocycles. The van der Waals surface area contributed by atoms with Gasteiger partial charge in [-0.15, -0.1) is 0 Å². The number of hydrogen-bond acceptors (Lipinski definition) is 2. The lowest BCUT2D eigenvalue weighted by atomic mass is 9.80. The van der Waals surface area contributed by atoms with Gasteiger partial charge in [0.25, 0.3) is 0 Å². The molecule has 0 spiro atoms. The lowest BCUT2D eigenvalue weighted by molar-refractivity contribution is 0.0958. The zero-order valence-corrected chi connectivity index (χ0v) is 11.2. The van der Waals surface area contributed by atoms with E-state index in [1.165, 1.54) is 6.07 Å². The van der Waals surface area contributed by atoms with Gasteiger partial charge >= 0.3 is 0 Å². The van der Waals surface area contributed by atoms with Crippen molar-refractivity contribution >= 4 is 0 Å². The van der Waals surface area contributed by atoms with Crippen LogP contribution in [0.4, 0.5) is 4.39 Å². The van der Waals surface area contributed by atoms with Crippen LogP contribution in [-0.2, 0) is 6.54 Å². The topological polar surface area (TPSA) is 35.2 Å². The second-order valence-corrected chi connectivity index (χ2v) is 5.44. The molecule has 1 aromatic rings. The average Bonchev–Trinajstić information content (AvgIpc) is 2.36. The van der Waals surface area contributed by atoms with Crippen LogP contribution in [0.25, 0.3) is 0 Å². The molecule has 2 N–H and O–H groups in total. The van der Waals surface area contributed by atoms with Crippen molar-refractivity contribution < 1.29 is 9.13 Å². The first-order valence-electron chi connectivity index (χ1n) is 6.76. The maximum absolute atomic E-state index is 13.8. The minimum atomic E-state index is -0.302. The fourth-order valence-electron chi connectivity index (χ4n) is 2.62. The van der Waals surface area contributed by atoms with Crippen LogP contribution in [0, 0.1) is 17.7 Å². The highest BCUT2D eigenvalue weighted by molar-refractivity contribution is 5.35. The van der Waals surface area contributed by atoms with Crippen LogP contribution < -0.4 is 10.5 Å². The van der Waals surface area contributed by atoms with Gasteiger partial charge in [-0.25, -0.2) is 4.39 Å². The molecule has 3 heteroatoms. The highest BCUT2D eigenvalue weighted by atomic mass is 19.1. The molecule has 3 atom stereocenters. The summed E-state index contributed by atoms with van der Waals surface area (Å²) in [6, 6.07) is 4.94. The van der Waals surface area contributed by atoms with Gasteiger partial charge in [0.1, 0.15) is 0 Å². The highest BCUT2D eigenvalue weighted by Crippen LogP contribution is 2.33. The Morgan fingerprint density at radius 2 is 2.06 bits per heavy atom. The Morgan fingerprint density at radius 3 is 2.72 bits per heavy atom. The van der Waals surface area contributed by atoms with Crippen LogP contribution in [0.15, 0.2) is 18.2 Å². The van der Waals surface area contributed by atoms with Crippen LogP contribution in [0.2, 0.25) is 0 Å². The monoisotopic (exact) mass is 251 g/mol. The van der Waals surface area contributed by atoms with Crippen molar-refractivity contribution in [3.63, 3.8) is 0 Å². The van der Waals surface area contributed by atoms with E-state index in [0.717, 1.165) is 30.7 Å². The number of rotatable bonds is 3. The van der Waals surface area contributed by atoms with Crippen LogP contribution in [0.5, 0.6) is 5.75 Å². The van der Waals surface area contributed by atoms with Crippen LogP contribution in [0.1, 0.15) is 38.7 Å². The molecule has 1 aliphatic carbocycles. The summed E-state index contributed by atoms with van der Waals surface area (Å²) in [6.07, 6.45) is 3.28. The van der Waals surface area contributed by atoms with Gasteiger partial charge in [-0.3, -0.25) is 0 Å². The van der Waals surface area contributed by atoms with Crippen molar-refractivity contribution in [2.24, 2.45) is 17.6 Å². The van der Waals surface area contributed by atoms with Gasteiger partial charge in [0.05, 0.1) is 6.10 Å². The third kappa shape index (κ3) is 2.83. The van der Waals surface area contributed by atoms with Crippen molar-refractivity contribution in [3.05, 3.63) is 29.6 Å². The molecule has 1 aromatic carbocycles. The Morgan fingerprint density at radius 1 is 1.28 bits per heavy atom. The second kappa shape index (κ2) is 5.70. The minimum Gasteiger partial charge on any atom is -0.487 e. The molecule has 1 fully saturated rings. The molecule has 0 aliphatic heterocycles. The number of nitrogens with two attached hydrogens (primary N) is 1. The summed E-state index contributed by atoms with van der Waals surface area (Å²) in [6.45, 7) is 4.83. The van der Waals surface area contributed by atoms with Crippen molar-refractivity contribution in [2.75, 3.05) is 0 Å². The van der Waals surface area contributed by atoms with Gasteiger partial charge in [0.2, 0.25) is 0 Å². The van der Waals surface area contributed by atoms with E-state index >= 15 is 0 Å². The Balaban J connectivity index is 2.10.